The van der Waals surface area contributed by atoms with Crippen molar-refractivity contribution in [2.75, 3.05) is 11.1 Å². The number of nitrogens with one attached hydrogen (secondary N) is 1. The third-order valence-electron chi connectivity index (χ3n) is 2.29. The summed E-state index contributed by atoms with van der Waals surface area (Å²) in [5, 5.41) is 2.98. The van der Waals surface area contributed by atoms with E-state index in [1.807, 2.05) is 18.2 Å². The molecule has 0 aliphatic carbocycles. The number of benzene rings is 2. The Balaban J connectivity index is 2.40. The van der Waals surface area contributed by atoms with Crippen LogP contribution in [-0.4, -0.2) is 0 Å². The number of halogens is 4. The Bertz CT molecular complexity index is 605. The number of nitrogen functional groups attached to an aromatic ring is 1. The Morgan fingerprint density at radius 1 is 1.06 bits per heavy atom. The average molecular weight is 425 g/mol. The van der Waals surface area contributed by atoms with Gasteiger partial charge in [0.15, 0.2) is 11.6 Å². The molecule has 18 heavy (non-hydrogen) atoms. The Hall–Kier alpha value is -0.890. The minimum atomic E-state index is -0.956. The maximum absolute atomic E-state index is 13.2. The van der Waals surface area contributed by atoms with Gasteiger partial charge in [-0.2, -0.15) is 0 Å². The first-order chi connectivity index (χ1) is 8.47. The van der Waals surface area contributed by atoms with Crippen molar-refractivity contribution in [2.24, 2.45) is 0 Å². The van der Waals surface area contributed by atoms with Gasteiger partial charge in [0, 0.05) is 20.2 Å². The molecule has 0 spiro atoms. The highest BCUT2D eigenvalue weighted by Crippen LogP contribution is 2.30. The molecule has 0 heterocycles. The Morgan fingerprint density at radius 2 is 1.72 bits per heavy atom. The molecule has 94 valence electrons. The van der Waals surface area contributed by atoms with Crippen molar-refractivity contribution in [3.05, 3.63) is 50.0 Å². The highest BCUT2D eigenvalue weighted by molar-refractivity contribution is 14.1. The molecule has 2 aromatic carbocycles. The summed E-state index contributed by atoms with van der Waals surface area (Å²) in [6, 6.07) is 7.62. The first-order valence-corrected chi connectivity index (χ1v) is 6.81. The van der Waals surface area contributed by atoms with E-state index in [-0.39, 0.29) is 5.69 Å². The predicted molar refractivity (Wildman–Crippen MR) is 80.9 cm³/mol. The smallest absolute Gasteiger partial charge is 0.161 e. The van der Waals surface area contributed by atoms with Gasteiger partial charge in [-0.3, -0.25) is 0 Å². The Morgan fingerprint density at radius 3 is 2.44 bits per heavy atom. The van der Waals surface area contributed by atoms with Gasteiger partial charge in [-0.15, -0.1) is 0 Å². The third kappa shape index (κ3) is 2.92. The van der Waals surface area contributed by atoms with Crippen LogP contribution in [0.1, 0.15) is 0 Å². The van der Waals surface area contributed by atoms with E-state index in [1.165, 1.54) is 0 Å². The van der Waals surface area contributed by atoms with Crippen LogP contribution in [0.2, 0.25) is 0 Å². The fraction of sp³-hybridized carbons (Fsp3) is 0. The average Bonchev–Trinajstić information content (AvgIpc) is 2.30. The number of nitrogens with two attached hydrogens (primary N) is 1. The van der Waals surface area contributed by atoms with Crippen molar-refractivity contribution in [3.8, 4) is 0 Å². The summed E-state index contributed by atoms with van der Waals surface area (Å²) < 4.78 is 27.9. The molecule has 2 aromatic rings. The van der Waals surface area contributed by atoms with Crippen molar-refractivity contribution < 1.29 is 8.78 Å². The zero-order valence-corrected chi connectivity index (χ0v) is 12.7. The van der Waals surface area contributed by atoms with Gasteiger partial charge in [0.1, 0.15) is 0 Å². The van der Waals surface area contributed by atoms with Crippen molar-refractivity contribution in [1.29, 1.82) is 0 Å². The summed E-state index contributed by atoms with van der Waals surface area (Å²) in [4.78, 5) is 0. The van der Waals surface area contributed by atoms with Gasteiger partial charge in [-0.25, -0.2) is 8.78 Å². The maximum atomic E-state index is 13.2. The van der Waals surface area contributed by atoms with Gasteiger partial charge < -0.3 is 11.1 Å². The monoisotopic (exact) mass is 424 g/mol. The standard InChI is InChI=1S/C12H8BrF2IN2/c13-6-1-2-9(16)11(3-6)18-12-5-8(15)7(14)4-10(12)17/h1-5,18H,17H2. The fourth-order valence-electron chi connectivity index (χ4n) is 1.41. The number of rotatable bonds is 2. The molecule has 0 amide bonds. The second-order valence-corrected chi connectivity index (χ2v) is 5.68. The Kier molecular flexibility index (Phi) is 4.06. The van der Waals surface area contributed by atoms with E-state index in [9.17, 15) is 8.78 Å². The predicted octanol–water partition coefficient (Wildman–Crippen LogP) is 4.66. The minimum Gasteiger partial charge on any atom is -0.397 e. The highest BCUT2D eigenvalue weighted by atomic mass is 127. The normalized spacial score (nSPS) is 10.4. The van der Waals surface area contributed by atoms with Crippen molar-refractivity contribution in [2.45, 2.75) is 0 Å². The van der Waals surface area contributed by atoms with Gasteiger partial charge in [0.05, 0.1) is 17.1 Å². The lowest BCUT2D eigenvalue weighted by Crippen LogP contribution is -2.00. The number of hydrogen-bond donors (Lipinski definition) is 2. The SMILES string of the molecule is Nc1cc(F)c(F)cc1Nc1cc(Br)ccc1I. The summed E-state index contributed by atoms with van der Waals surface area (Å²) in [7, 11) is 0. The molecule has 6 heteroatoms. The summed E-state index contributed by atoms with van der Waals surface area (Å²) >= 11 is 5.48. The van der Waals surface area contributed by atoms with Crippen molar-refractivity contribution >= 4 is 55.6 Å². The molecule has 0 unspecified atom stereocenters. The molecule has 0 aromatic heterocycles. The van der Waals surface area contributed by atoms with E-state index < -0.39 is 11.6 Å². The van der Waals surface area contributed by atoms with Crippen LogP contribution < -0.4 is 11.1 Å². The summed E-state index contributed by atoms with van der Waals surface area (Å²) in [6.45, 7) is 0. The van der Waals surface area contributed by atoms with E-state index >= 15 is 0 Å². The molecule has 2 rings (SSSR count). The lowest BCUT2D eigenvalue weighted by atomic mass is 10.2. The van der Waals surface area contributed by atoms with E-state index in [1.54, 1.807) is 0 Å². The zero-order valence-electron chi connectivity index (χ0n) is 8.98. The molecule has 0 aliphatic heterocycles. The molecule has 0 bridgehead atoms. The van der Waals surface area contributed by atoms with Gasteiger partial charge in [0.25, 0.3) is 0 Å². The molecule has 0 saturated heterocycles. The number of hydrogen-bond acceptors (Lipinski definition) is 2. The minimum absolute atomic E-state index is 0.157. The quantitative estimate of drug-likeness (QED) is 0.543. The molecule has 0 fully saturated rings. The lowest BCUT2D eigenvalue weighted by Gasteiger charge is -2.12. The molecular formula is C12H8BrF2IN2. The van der Waals surface area contributed by atoms with Gasteiger partial charge >= 0.3 is 0 Å². The van der Waals surface area contributed by atoms with Gasteiger partial charge in [-0.05, 0) is 40.8 Å². The molecular weight excluding hydrogens is 417 g/mol. The first-order valence-electron chi connectivity index (χ1n) is 4.94. The zero-order chi connectivity index (χ0) is 13.3. The fourth-order valence-corrected chi connectivity index (χ4v) is 2.24. The van der Waals surface area contributed by atoms with Gasteiger partial charge in [-0.1, -0.05) is 15.9 Å². The van der Waals surface area contributed by atoms with Crippen LogP contribution in [0.5, 0.6) is 0 Å². The van der Waals surface area contributed by atoms with E-state index in [0.717, 1.165) is 25.9 Å². The van der Waals surface area contributed by atoms with Crippen LogP contribution >= 0.6 is 38.5 Å². The lowest BCUT2D eigenvalue weighted by molar-refractivity contribution is 0.509. The van der Waals surface area contributed by atoms with Crippen molar-refractivity contribution in [1.82, 2.24) is 0 Å². The molecule has 0 aliphatic rings. The van der Waals surface area contributed by atoms with E-state index in [0.29, 0.717) is 5.69 Å². The van der Waals surface area contributed by atoms with Crippen LogP contribution in [0.15, 0.2) is 34.8 Å². The summed E-state index contributed by atoms with van der Waals surface area (Å²) in [6.07, 6.45) is 0. The van der Waals surface area contributed by atoms with E-state index in [4.69, 9.17) is 5.73 Å². The van der Waals surface area contributed by atoms with Crippen LogP contribution in [0.25, 0.3) is 0 Å². The molecule has 2 nitrogen and oxygen atoms in total. The topological polar surface area (TPSA) is 38.0 Å². The largest absolute Gasteiger partial charge is 0.397 e. The van der Waals surface area contributed by atoms with Crippen molar-refractivity contribution in [3.63, 3.8) is 0 Å². The summed E-state index contributed by atoms with van der Waals surface area (Å²) in [5.41, 5.74) is 6.90. The molecule has 3 N–H and O–H groups in total. The highest BCUT2D eigenvalue weighted by Gasteiger charge is 2.09. The second kappa shape index (κ2) is 5.40. The molecule has 0 saturated carbocycles. The van der Waals surface area contributed by atoms with Crippen LogP contribution in [0, 0.1) is 15.2 Å². The Labute approximate surface area is 125 Å². The third-order valence-corrected chi connectivity index (χ3v) is 3.72. The second-order valence-electron chi connectivity index (χ2n) is 3.60. The van der Waals surface area contributed by atoms with Crippen LogP contribution in [0.4, 0.5) is 25.8 Å². The molecule has 0 radical (unpaired) electrons. The maximum Gasteiger partial charge on any atom is 0.161 e. The van der Waals surface area contributed by atoms with Gasteiger partial charge in [0.2, 0.25) is 0 Å². The first kappa shape index (κ1) is 13.5. The van der Waals surface area contributed by atoms with E-state index in [2.05, 4.69) is 43.8 Å². The van der Waals surface area contributed by atoms with Crippen LogP contribution in [0.3, 0.4) is 0 Å². The van der Waals surface area contributed by atoms with Crippen LogP contribution in [-0.2, 0) is 0 Å². The molecule has 0 atom stereocenters. The number of anilines is 3. The summed E-state index contributed by atoms with van der Waals surface area (Å²) in [5.74, 6) is -1.89.